The fourth-order valence-corrected chi connectivity index (χ4v) is 1.89. The minimum atomic E-state index is -0.243. The van der Waals surface area contributed by atoms with Gasteiger partial charge in [0.2, 0.25) is 0 Å². The number of urea groups is 1. The number of nitrogens with zero attached hydrogens (tertiary/aromatic N) is 1. The van der Waals surface area contributed by atoms with Gasteiger partial charge in [-0.15, -0.1) is 0 Å². The van der Waals surface area contributed by atoms with Crippen molar-refractivity contribution in [2.75, 3.05) is 13.6 Å². The van der Waals surface area contributed by atoms with Crippen LogP contribution in [-0.4, -0.2) is 24.5 Å². The zero-order chi connectivity index (χ0) is 10.2. The largest absolute Gasteiger partial charge is 0.327 e. The number of amides is 2. The van der Waals surface area contributed by atoms with Crippen molar-refractivity contribution in [1.29, 1.82) is 0 Å². The van der Waals surface area contributed by atoms with Gasteiger partial charge in [0.05, 0.1) is 5.54 Å². The number of nitrogens with one attached hydrogen (secondary N) is 1. The molecule has 0 bridgehead atoms. The Bertz CT molecular complexity index is 350. The molecule has 74 valence electrons. The Kier molecular flexibility index (Phi) is 1.95. The summed E-state index contributed by atoms with van der Waals surface area (Å²) in [6, 6.07) is 10.0. The Labute approximate surface area is 83.7 Å². The van der Waals surface area contributed by atoms with Crippen LogP contribution in [-0.2, 0) is 5.54 Å². The number of likely N-dealkylation sites (N-methyl/N-ethyl adjacent to an activating group) is 1. The van der Waals surface area contributed by atoms with E-state index in [4.69, 9.17) is 0 Å². The van der Waals surface area contributed by atoms with Crippen LogP contribution in [0.1, 0.15) is 12.5 Å². The molecule has 0 aliphatic carbocycles. The van der Waals surface area contributed by atoms with E-state index in [0.29, 0.717) is 0 Å². The summed E-state index contributed by atoms with van der Waals surface area (Å²) >= 11 is 0. The third-order valence-corrected chi connectivity index (χ3v) is 2.69. The molecule has 0 saturated carbocycles. The van der Waals surface area contributed by atoms with Crippen molar-refractivity contribution in [3.05, 3.63) is 35.9 Å². The normalized spacial score (nSPS) is 26.4. The van der Waals surface area contributed by atoms with Crippen molar-refractivity contribution in [1.82, 2.24) is 10.2 Å². The molecule has 3 heteroatoms. The van der Waals surface area contributed by atoms with Crippen molar-refractivity contribution in [3.8, 4) is 0 Å². The maximum Gasteiger partial charge on any atom is 0.317 e. The molecule has 1 aliphatic rings. The molecule has 0 radical (unpaired) electrons. The van der Waals surface area contributed by atoms with E-state index in [0.717, 1.165) is 12.1 Å². The molecule has 14 heavy (non-hydrogen) atoms. The summed E-state index contributed by atoms with van der Waals surface area (Å²) in [7, 11) is 1.81. The zero-order valence-electron chi connectivity index (χ0n) is 8.45. The van der Waals surface area contributed by atoms with Crippen LogP contribution in [0, 0.1) is 0 Å². The minimum Gasteiger partial charge on any atom is -0.327 e. The smallest absolute Gasteiger partial charge is 0.317 e. The first-order valence-corrected chi connectivity index (χ1v) is 4.71. The van der Waals surface area contributed by atoms with Crippen LogP contribution in [0.3, 0.4) is 0 Å². The quantitative estimate of drug-likeness (QED) is 0.716. The van der Waals surface area contributed by atoms with Crippen molar-refractivity contribution in [2.45, 2.75) is 12.5 Å². The first-order valence-electron chi connectivity index (χ1n) is 4.71. The van der Waals surface area contributed by atoms with Gasteiger partial charge in [0, 0.05) is 13.6 Å². The molecular formula is C11H14N2O. The second kappa shape index (κ2) is 3.01. The molecule has 1 aromatic rings. The zero-order valence-corrected chi connectivity index (χ0v) is 8.45. The van der Waals surface area contributed by atoms with E-state index in [2.05, 4.69) is 5.32 Å². The Morgan fingerprint density at radius 3 is 2.50 bits per heavy atom. The Morgan fingerprint density at radius 1 is 1.36 bits per heavy atom. The molecule has 2 rings (SSSR count). The summed E-state index contributed by atoms with van der Waals surface area (Å²) < 4.78 is 0. The molecule has 0 spiro atoms. The highest BCUT2D eigenvalue weighted by Gasteiger charge is 2.37. The Balaban J connectivity index is 2.31. The van der Waals surface area contributed by atoms with Crippen molar-refractivity contribution in [2.24, 2.45) is 0 Å². The van der Waals surface area contributed by atoms with Gasteiger partial charge in [0.25, 0.3) is 0 Å². The maximum absolute atomic E-state index is 11.4. The highest BCUT2D eigenvalue weighted by Crippen LogP contribution is 2.25. The van der Waals surface area contributed by atoms with Crippen LogP contribution in [0.2, 0.25) is 0 Å². The molecule has 0 aromatic heterocycles. The number of rotatable bonds is 1. The highest BCUT2D eigenvalue weighted by molar-refractivity contribution is 5.77. The lowest BCUT2D eigenvalue weighted by Crippen LogP contribution is -2.37. The van der Waals surface area contributed by atoms with E-state index in [1.807, 2.05) is 44.3 Å². The average molecular weight is 190 g/mol. The fourth-order valence-electron chi connectivity index (χ4n) is 1.89. The van der Waals surface area contributed by atoms with Gasteiger partial charge in [0.15, 0.2) is 0 Å². The molecular weight excluding hydrogens is 176 g/mol. The van der Waals surface area contributed by atoms with E-state index >= 15 is 0 Å². The summed E-state index contributed by atoms with van der Waals surface area (Å²) in [4.78, 5) is 13.1. The maximum atomic E-state index is 11.4. The first-order chi connectivity index (χ1) is 6.62. The van der Waals surface area contributed by atoms with Crippen molar-refractivity contribution >= 4 is 6.03 Å². The van der Waals surface area contributed by atoms with Crippen LogP contribution in [0.25, 0.3) is 0 Å². The lowest BCUT2D eigenvalue weighted by atomic mass is 9.93. The van der Waals surface area contributed by atoms with E-state index in [1.54, 1.807) is 4.90 Å². The molecule has 1 heterocycles. The predicted octanol–water partition coefficient (Wildman–Crippen LogP) is 1.56. The first kappa shape index (κ1) is 9.06. The third-order valence-electron chi connectivity index (χ3n) is 2.69. The van der Waals surface area contributed by atoms with E-state index < -0.39 is 0 Å². The monoisotopic (exact) mass is 190 g/mol. The summed E-state index contributed by atoms with van der Waals surface area (Å²) in [5, 5.41) is 2.98. The Morgan fingerprint density at radius 2 is 2.00 bits per heavy atom. The number of carbonyl (C=O) groups excluding carboxylic acids is 1. The van der Waals surface area contributed by atoms with Crippen LogP contribution < -0.4 is 5.32 Å². The van der Waals surface area contributed by atoms with Crippen LogP contribution in [0.5, 0.6) is 0 Å². The van der Waals surface area contributed by atoms with Crippen LogP contribution in [0.15, 0.2) is 30.3 Å². The van der Waals surface area contributed by atoms with Gasteiger partial charge in [-0.1, -0.05) is 30.3 Å². The van der Waals surface area contributed by atoms with Gasteiger partial charge in [-0.2, -0.15) is 0 Å². The van der Waals surface area contributed by atoms with Gasteiger partial charge < -0.3 is 10.2 Å². The summed E-state index contributed by atoms with van der Waals surface area (Å²) in [5.41, 5.74) is 0.908. The highest BCUT2D eigenvalue weighted by atomic mass is 16.2. The van der Waals surface area contributed by atoms with Gasteiger partial charge >= 0.3 is 6.03 Å². The van der Waals surface area contributed by atoms with Gasteiger partial charge in [-0.05, 0) is 12.5 Å². The van der Waals surface area contributed by atoms with Gasteiger partial charge in [-0.3, -0.25) is 0 Å². The fraction of sp³-hybridized carbons (Fsp3) is 0.364. The topological polar surface area (TPSA) is 32.3 Å². The standard InChI is InChI=1S/C11H14N2O/c1-11(8-13(2)10(14)12-11)9-6-4-3-5-7-9/h3-7H,8H2,1-2H3,(H,12,14). The number of benzene rings is 1. The molecule has 1 saturated heterocycles. The summed E-state index contributed by atoms with van der Waals surface area (Å²) in [6.07, 6.45) is 0. The van der Waals surface area contributed by atoms with E-state index in [1.165, 1.54) is 0 Å². The number of carbonyl (C=O) groups is 1. The van der Waals surface area contributed by atoms with E-state index in [-0.39, 0.29) is 11.6 Å². The van der Waals surface area contributed by atoms with Crippen LogP contribution in [0.4, 0.5) is 4.79 Å². The van der Waals surface area contributed by atoms with Crippen molar-refractivity contribution in [3.63, 3.8) is 0 Å². The molecule has 1 N–H and O–H groups in total. The van der Waals surface area contributed by atoms with Crippen LogP contribution >= 0.6 is 0 Å². The SMILES string of the molecule is CN1CC(C)(c2ccccc2)NC1=O. The molecule has 2 amide bonds. The molecule has 1 aromatic carbocycles. The second-order valence-corrected chi connectivity index (χ2v) is 3.98. The summed E-state index contributed by atoms with van der Waals surface area (Å²) in [5.74, 6) is 0. The Hall–Kier alpha value is -1.51. The van der Waals surface area contributed by atoms with Gasteiger partial charge in [0.1, 0.15) is 0 Å². The molecule has 1 unspecified atom stereocenters. The number of hydrogen-bond donors (Lipinski definition) is 1. The second-order valence-electron chi connectivity index (χ2n) is 3.98. The number of hydrogen-bond acceptors (Lipinski definition) is 1. The summed E-state index contributed by atoms with van der Waals surface area (Å²) in [6.45, 7) is 2.76. The molecule has 1 atom stereocenters. The van der Waals surface area contributed by atoms with E-state index in [9.17, 15) is 4.79 Å². The lowest BCUT2D eigenvalue weighted by molar-refractivity contribution is 0.226. The molecule has 3 nitrogen and oxygen atoms in total. The average Bonchev–Trinajstić information content (AvgIpc) is 2.44. The predicted molar refractivity (Wildman–Crippen MR) is 55.0 cm³/mol. The molecule has 1 fully saturated rings. The third kappa shape index (κ3) is 1.35. The minimum absolute atomic E-state index is 0.00338. The van der Waals surface area contributed by atoms with Gasteiger partial charge in [-0.25, -0.2) is 4.79 Å². The van der Waals surface area contributed by atoms with Crippen molar-refractivity contribution < 1.29 is 4.79 Å². The lowest BCUT2D eigenvalue weighted by Gasteiger charge is -2.23. The molecule has 1 aliphatic heterocycles.